The summed E-state index contributed by atoms with van der Waals surface area (Å²) in [5.41, 5.74) is 3.98. The summed E-state index contributed by atoms with van der Waals surface area (Å²) >= 11 is 0. The molecule has 0 spiro atoms. The first-order valence-corrected chi connectivity index (χ1v) is 10.9. The zero-order valence-corrected chi connectivity index (χ0v) is 18.5. The minimum atomic E-state index is -4.38. The molecule has 5 aromatic rings. The molecular weight excluding hydrogens is 476 g/mol. The van der Waals surface area contributed by atoms with E-state index in [1.165, 1.54) is 24.3 Å². The van der Waals surface area contributed by atoms with Gasteiger partial charge in [0, 0.05) is 17.1 Å². The molecule has 0 bridgehead atoms. The van der Waals surface area contributed by atoms with Gasteiger partial charge in [-0.15, -0.1) is 0 Å². The summed E-state index contributed by atoms with van der Waals surface area (Å²) in [5.74, 6) is 0. The smallest absolute Gasteiger partial charge is 0.256 e. The predicted molar refractivity (Wildman–Crippen MR) is 128 cm³/mol. The first-order valence-electron chi connectivity index (χ1n) is 10.9. The van der Waals surface area contributed by atoms with E-state index in [1.54, 1.807) is 6.20 Å². The molecule has 1 aromatic heterocycles. The molecule has 36 heavy (non-hydrogen) atoms. The highest BCUT2D eigenvalue weighted by Crippen LogP contribution is 2.33. The summed E-state index contributed by atoms with van der Waals surface area (Å²) < 4.78 is 76.8. The van der Waals surface area contributed by atoms with E-state index < -0.39 is 23.5 Å². The fourth-order valence-corrected chi connectivity index (χ4v) is 4.02. The molecule has 0 aliphatic rings. The van der Waals surface area contributed by atoms with Crippen LogP contribution in [0.15, 0.2) is 103 Å². The third-order valence-corrected chi connectivity index (χ3v) is 5.99. The Morgan fingerprint density at radius 2 is 0.806 bits per heavy atom. The van der Waals surface area contributed by atoms with Gasteiger partial charge in [0.05, 0.1) is 16.6 Å². The fourth-order valence-electron chi connectivity index (χ4n) is 4.02. The maximum absolute atomic E-state index is 12.8. The average Bonchev–Trinajstić information content (AvgIpc) is 2.87. The molecule has 7 heteroatoms. The molecule has 0 aliphatic heterocycles. The van der Waals surface area contributed by atoms with Crippen molar-refractivity contribution < 1.29 is 26.3 Å². The van der Waals surface area contributed by atoms with Crippen LogP contribution in [0.3, 0.4) is 0 Å². The number of hydrogen-bond donors (Lipinski definition) is 0. The lowest BCUT2D eigenvalue weighted by molar-refractivity contribution is -0.138. The van der Waals surface area contributed by atoms with Crippen molar-refractivity contribution in [2.24, 2.45) is 0 Å². The van der Waals surface area contributed by atoms with Gasteiger partial charge >= 0.3 is 12.4 Å². The normalized spacial score (nSPS) is 12.2. The minimum absolute atomic E-state index is 0.662. The number of nitrogens with zero attached hydrogens (tertiary/aromatic N) is 1. The Morgan fingerprint density at radius 3 is 1.28 bits per heavy atom. The van der Waals surface area contributed by atoms with Gasteiger partial charge in [0.2, 0.25) is 0 Å². The quantitative estimate of drug-likeness (QED) is 0.228. The molecule has 0 atom stereocenters. The van der Waals surface area contributed by atoms with Crippen LogP contribution in [0.25, 0.3) is 44.3 Å². The highest BCUT2D eigenvalue weighted by Gasteiger charge is 2.30. The van der Waals surface area contributed by atoms with Crippen molar-refractivity contribution in [1.82, 2.24) is 4.98 Å². The highest BCUT2D eigenvalue weighted by molar-refractivity contribution is 5.87. The molecule has 0 unspecified atom stereocenters. The standard InChI is InChI=1S/C29H17F6N/c30-28(31,32)25-11-7-19(8-12-25)18-1-3-21(4-2-18)24-15-23-6-5-22(16-27(23)36-17-24)20-9-13-26(14-10-20)29(33,34)35/h1-17H. The molecule has 0 fully saturated rings. The fraction of sp³-hybridized carbons (Fsp3) is 0.0690. The number of halogens is 6. The van der Waals surface area contributed by atoms with E-state index in [9.17, 15) is 26.3 Å². The second-order valence-electron chi connectivity index (χ2n) is 8.36. The summed E-state index contributed by atoms with van der Waals surface area (Å²) in [6.45, 7) is 0. The van der Waals surface area contributed by atoms with Crippen LogP contribution in [0.4, 0.5) is 26.3 Å². The molecule has 5 rings (SSSR count). The summed E-state index contributed by atoms with van der Waals surface area (Å²) in [6, 6.07) is 25.0. The Bertz CT molecular complexity index is 1510. The van der Waals surface area contributed by atoms with Crippen LogP contribution in [-0.4, -0.2) is 4.98 Å². The van der Waals surface area contributed by atoms with Crippen LogP contribution in [0, 0.1) is 0 Å². The van der Waals surface area contributed by atoms with Crippen molar-refractivity contribution in [3.63, 3.8) is 0 Å². The minimum Gasteiger partial charge on any atom is -0.256 e. The van der Waals surface area contributed by atoms with Gasteiger partial charge in [0.15, 0.2) is 0 Å². The number of alkyl halides is 6. The molecule has 0 N–H and O–H groups in total. The Balaban J connectivity index is 1.38. The molecule has 1 heterocycles. The zero-order valence-electron chi connectivity index (χ0n) is 18.5. The van der Waals surface area contributed by atoms with Crippen molar-refractivity contribution in [2.75, 3.05) is 0 Å². The average molecular weight is 493 g/mol. The van der Waals surface area contributed by atoms with E-state index in [1.807, 2.05) is 48.5 Å². The van der Waals surface area contributed by atoms with Crippen molar-refractivity contribution in [3.05, 3.63) is 114 Å². The van der Waals surface area contributed by atoms with E-state index in [2.05, 4.69) is 4.98 Å². The Morgan fingerprint density at radius 1 is 0.417 bits per heavy atom. The van der Waals surface area contributed by atoms with E-state index in [4.69, 9.17) is 0 Å². The van der Waals surface area contributed by atoms with Gasteiger partial charge in [0.1, 0.15) is 0 Å². The van der Waals surface area contributed by atoms with Crippen molar-refractivity contribution in [1.29, 1.82) is 0 Å². The van der Waals surface area contributed by atoms with Gasteiger partial charge in [0.25, 0.3) is 0 Å². The summed E-state index contributed by atoms with van der Waals surface area (Å²) in [6.07, 6.45) is -7.04. The molecule has 0 saturated carbocycles. The van der Waals surface area contributed by atoms with Crippen LogP contribution < -0.4 is 0 Å². The lowest BCUT2D eigenvalue weighted by Gasteiger charge is -2.10. The lowest BCUT2D eigenvalue weighted by atomic mass is 9.98. The predicted octanol–water partition coefficient (Wildman–Crippen LogP) is 9.27. The van der Waals surface area contributed by atoms with Crippen LogP contribution in [0.1, 0.15) is 11.1 Å². The van der Waals surface area contributed by atoms with Gasteiger partial charge in [-0.05, 0) is 64.2 Å². The number of fused-ring (bicyclic) bond motifs is 1. The van der Waals surface area contributed by atoms with Gasteiger partial charge in [-0.2, -0.15) is 26.3 Å². The molecular formula is C29H17F6N. The van der Waals surface area contributed by atoms with Gasteiger partial charge in [-0.1, -0.05) is 60.7 Å². The monoisotopic (exact) mass is 493 g/mol. The third-order valence-electron chi connectivity index (χ3n) is 5.99. The second-order valence-corrected chi connectivity index (χ2v) is 8.36. The van der Waals surface area contributed by atoms with Crippen LogP contribution in [0.5, 0.6) is 0 Å². The largest absolute Gasteiger partial charge is 0.416 e. The number of pyridine rings is 1. The van der Waals surface area contributed by atoms with Crippen molar-refractivity contribution >= 4 is 10.9 Å². The third kappa shape index (κ3) is 4.82. The molecule has 0 amide bonds. The Labute approximate surface area is 202 Å². The molecule has 0 aliphatic carbocycles. The second kappa shape index (κ2) is 8.82. The summed E-state index contributed by atoms with van der Waals surface area (Å²) in [5, 5.41) is 0.870. The molecule has 0 radical (unpaired) electrons. The number of hydrogen-bond acceptors (Lipinski definition) is 1. The number of benzene rings is 4. The van der Waals surface area contributed by atoms with Crippen LogP contribution in [0.2, 0.25) is 0 Å². The van der Waals surface area contributed by atoms with Crippen LogP contribution >= 0.6 is 0 Å². The SMILES string of the molecule is FC(F)(F)c1ccc(-c2ccc(-c3cnc4cc(-c5ccc(C(F)(F)F)cc5)ccc4c3)cc2)cc1. The first kappa shape index (κ1) is 23.6. The van der Waals surface area contributed by atoms with Crippen molar-refractivity contribution in [3.8, 4) is 33.4 Å². The number of aromatic nitrogens is 1. The number of rotatable bonds is 3. The van der Waals surface area contributed by atoms with E-state index >= 15 is 0 Å². The topological polar surface area (TPSA) is 12.9 Å². The molecule has 0 saturated heterocycles. The Kier molecular flexibility index (Phi) is 5.79. The van der Waals surface area contributed by atoms with Crippen LogP contribution in [-0.2, 0) is 12.4 Å². The van der Waals surface area contributed by atoms with Gasteiger partial charge in [-0.3, -0.25) is 4.98 Å². The lowest BCUT2D eigenvalue weighted by Crippen LogP contribution is -2.03. The van der Waals surface area contributed by atoms with Gasteiger partial charge in [-0.25, -0.2) is 0 Å². The first-order chi connectivity index (χ1) is 17.1. The summed E-state index contributed by atoms with van der Waals surface area (Å²) in [4.78, 5) is 4.53. The Hall–Kier alpha value is -4.13. The molecule has 4 aromatic carbocycles. The maximum Gasteiger partial charge on any atom is 0.416 e. The highest BCUT2D eigenvalue weighted by atomic mass is 19.4. The van der Waals surface area contributed by atoms with Crippen molar-refractivity contribution in [2.45, 2.75) is 12.4 Å². The van der Waals surface area contributed by atoms with Gasteiger partial charge < -0.3 is 0 Å². The molecule has 180 valence electrons. The zero-order chi connectivity index (χ0) is 25.5. The summed E-state index contributed by atoms with van der Waals surface area (Å²) in [7, 11) is 0. The van der Waals surface area contributed by atoms with E-state index in [-0.39, 0.29) is 0 Å². The van der Waals surface area contributed by atoms with E-state index in [0.717, 1.165) is 51.9 Å². The van der Waals surface area contributed by atoms with E-state index in [0.29, 0.717) is 16.6 Å². The molecule has 1 nitrogen and oxygen atoms in total. The maximum atomic E-state index is 12.8.